The summed E-state index contributed by atoms with van der Waals surface area (Å²) in [7, 11) is 0. The van der Waals surface area contributed by atoms with E-state index in [4.69, 9.17) is 10.5 Å². The summed E-state index contributed by atoms with van der Waals surface area (Å²) in [6.45, 7) is 3.85. The number of nitrogens with zero attached hydrogens (tertiary/aromatic N) is 3. The van der Waals surface area contributed by atoms with Crippen LogP contribution in [0.3, 0.4) is 0 Å². The van der Waals surface area contributed by atoms with Gasteiger partial charge in [-0.1, -0.05) is 0 Å². The number of pyridine rings is 1. The maximum Gasteiger partial charge on any atom is 0.157 e. The highest BCUT2D eigenvalue weighted by molar-refractivity contribution is 5.89. The molecule has 0 radical (unpaired) electrons. The Balaban J connectivity index is 1.81. The number of aldehydes is 1. The molecule has 3 N–H and O–H groups in total. The first-order valence-electron chi connectivity index (χ1n) is 7.60. The number of nitrogens with two attached hydrogens (primary N) is 1. The summed E-state index contributed by atoms with van der Waals surface area (Å²) in [4.78, 5) is 23.2. The maximum atomic E-state index is 11.2. The summed E-state index contributed by atoms with van der Waals surface area (Å²) >= 11 is 0. The Hall–Kier alpha value is -3.48. The number of ether oxygens (including phenoxy) is 1. The Kier molecular flexibility index (Phi) is 4.56. The second kappa shape index (κ2) is 6.96. The molecule has 0 saturated heterocycles. The van der Waals surface area contributed by atoms with Crippen molar-refractivity contribution in [2.75, 3.05) is 11.1 Å². The Morgan fingerprint density at radius 3 is 2.64 bits per heavy atom. The first kappa shape index (κ1) is 16.4. The SMILES string of the molecule is Cc1ccc(Oc2ccc(Nc3ncnc(N)c3C=O)cc2C)cn1. The standard InChI is InChI=1S/C18H17N5O2/c1-11-7-13(23-18-15(9-24)17(19)21-10-22-18)4-6-16(11)25-14-5-3-12(2)20-8-14/h3-10H,1-2H3,(H3,19,21,22,23). The molecule has 7 heteroatoms. The first-order chi connectivity index (χ1) is 12.1. The number of hydrogen-bond donors (Lipinski definition) is 2. The van der Waals surface area contributed by atoms with E-state index >= 15 is 0 Å². The van der Waals surface area contributed by atoms with Gasteiger partial charge in [-0.2, -0.15) is 0 Å². The van der Waals surface area contributed by atoms with Gasteiger partial charge in [0.1, 0.15) is 29.5 Å². The lowest BCUT2D eigenvalue weighted by atomic mass is 10.2. The number of carbonyl (C=O) groups excluding carboxylic acids is 1. The van der Waals surface area contributed by atoms with E-state index in [1.807, 2.05) is 44.2 Å². The predicted octanol–water partition coefficient (Wildman–Crippen LogP) is 3.42. The van der Waals surface area contributed by atoms with E-state index in [1.165, 1.54) is 6.33 Å². The molecule has 7 nitrogen and oxygen atoms in total. The van der Waals surface area contributed by atoms with Gasteiger partial charge in [-0.15, -0.1) is 0 Å². The molecule has 0 aliphatic rings. The smallest absolute Gasteiger partial charge is 0.157 e. The van der Waals surface area contributed by atoms with Crippen molar-refractivity contribution in [1.82, 2.24) is 15.0 Å². The highest BCUT2D eigenvalue weighted by Crippen LogP contribution is 2.28. The van der Waals surface area contributed by atoms with Crippen LogP contribution < -0.4 is 15.8 Å². The highest BCUT2D eigenvalue weighted by atomic mass is 16.5. The van der Waals surface area contributed by atoms with E-state index in [0.29, 0.717) is 23.6 Å². The molecule has 0 fully saturated rings. The minimum atomic E-state index is 0.135. The second-order valence-electron chi connectivity index (χ2n) is 5.48. The number of nitrogens with one attached hydrogen (secondary N) is 1. The van der Waals surface area contributed by atoms with E-state index in [1.54, 1.807) is 6.20 Å². The van der Waals surface area contributed by atoms with Crippen LogP contribution in [0.25, 0.3) is 0 Å². The van der Waals surface area contributed by atoms with Crippen LogP contribution in [0.4, 0.5) is 17.3 Å². The van der Waals surface area contributed by atoms with Crippen molar-refractivity contribution in [3.05, 3.63) is 59.7 Å². The Bertz CT molecular complexity index is 910. The summed E-state index contributed by atoms with van der Waals surface area (Å²) in [6, 6.07) is 9.32. The molecular weight excluding hydrogens is 318 g/mol. The molecule has 25 heavy (non-hydrogen) atoms. The van der Waals surface area contributed by atoms with Crippen LogP contribution in [-0.4, -0.2) is 21.2 Å². The van der Waals surface area contributed by atoms with Crippen molar-refractivity contribution in [3.8, 4) is 11.5 Å². The average Bonchev–Trinajstić information content (AvgIpc) is 2.59. The van der Waals surface area contributed by atoms with Crippen molar-refractivity contribution in [3.63, 3.8) is 0 Å². The fourth-order valence-electron chi connectivity index (χ4n) is 2.24. The van der Waals surface area contributed by atoms with E-state index < -0.39 is 0 Å². The van der Waals surface area contributed by atoms with Gasteiger partial charge in [-0.3, -0.25) is 9.78 Å². The van der Waals surface area contributed by atoms with E-state index in [2.05, 4.69) is 20.3 Å². The van der Waals surface area contributed by atoms with Gasteiger partial charge in [-0.25, -0.2) is 9.97 Å². The zero-order valence-corrected chi connectivity index (χ0v) is 13.9. The zero-order chi connectivity index (χ0) is 17.8. The zero-order valence-electron chi connectivity index (χ0n) is 13.9. The number of benzene rings is 1. The Morgan fingerprint density at radius 1 is 1.12 bits per heavy atom. The third-order valence-electron chi connectivity index (χ3n) is 3.58. The van der Waals surface area contributed by atoms with Gasteiger partial charge in [0, 0.05) is 11.4 Å². The van der Waals surface area contributed by atoms with Crippen molar-refractivity contribution in [2.24, 2.45) is 0 Å². The number of aromatic nitrogens is 3. The lowest BCUT2D eigenvalue weighted by molar-refractivity contribution is 0.112. The third-order valence-corrected chi connectivity index (χ3v) is 3.58. The number of hydrogen-bond acceptors (Lipinski definition) is 7. The maximum absolute atomic E-state index is 11.2. The molecule has 1 aromatic carbocycles. The minimum Gasteiger partial charge on any atom is -0.455 e. The van der Waals surface area contributed by atoms with Crippen LogP contribution in [-0.2, 0) is 0 Å². The van der Waals surface area contributed by atoms with Gasteiger partial charge >= 0.3 is 0 Å². The molecular formula is C18H17N5O2. The summed E-state index contributed by atoms with van der Waals surface area (Å²) in [5.41, 5.74) is 8.52. The molecule has 0 spiro atoms. The minimum absolute atomic E-state index is 0.135. The summed E-state index contributed by atoms with van der Waals surface area (Å²) in [5, 5.41) is 3.07. The average molecular weight is 335 g/mol. The number of anilines is 3. The lowest BCUT2D eigenvalue weighted by Crippen LogP contribution is -2.04. The summed E-state index contributed by atoms with van der Waals surface area (Å²) in [6.07, 6.45) is 3.62. The molecule has 3 aromatic rings. The fraction of sp³-hybridized carbons (Fsp3) is 0.111. The van der Waals surface area contributed by atoms with Crippen molar-refractivity contribution in [1.29, 1.82) is 0 Å². The molecule has 0 unspecified atom stereocenters. The van der Waals surface area contributed by atoms with Crippen LogP contribution in [0.5, 0.6) is 11.5 Å². The second-order valence-corrected chi connectivity index (χ2v) is 5.48. The van der Waals surface area contributed by atoms with Crippen molar-refractivity contribution in [2.45, 2.75) is 13.8 Å². The molecule has 0 amide bonds. The van der Waals surface area contributed by atoms with Gasteiger partial charge in [0.15, 0.2) is 6.29 Å². The topological polar surface area (TPSA) is 103 Å². The van der Waals surface area contributed by atoms with Gasteiger partial charge in [0.25, 0.3) is 0 Å². The fourth-order valence-corrected chi connectivity index (χ4v) is 2.24. The summed E-state index contributed by atoms with van der Waals surface area (Å²) in [5.74, 6) is 1.88. The first-order valence-corrected chi connectivity index (χ1v) is 7.60. The third kappa shape index (κ3) is 3.72. The molecule has 0 bridgehead atoms. The van der Waals surface area contributed by atoms with Crippen LogP contribution in [0.1, 0.15) is 21.6 Å². The van der Waals surface area contributed by atoms with Crippen LogP contribution in [0.2, 0.25) is 0 Å². The van der Waals surface area contributed by atoms with E-state index in [-0.39, 0.29) is 11.4 Å². The van der Waals surface area contributed by atoms with Crippen LogP contribution in [0, 0.1) is 13.8 Å². The molecule has 0 aliphatic carbocycles. The largest absolute Gasteiger partial charge is 0.455 e. The Morgan fingerprint density at radius 2 is 1.96 bits per heavy atom. The monoisotopic (exact) mass is 335 g/mol. The van der Waals surface area contributed by atoms with Gasteiger partial charge < -0.3 is 15.8 Å². The number of rotatable bonds is 5. The van der Waals surface area contributed by atoms with Crippen LogP contribution in [0.15, 0.2) is 42.9 Å². The normalized spacial score (nSPS) is 10.3. The molecule has 126 valence electrons. The number of nitrogen functional groups attached to an aromatic ring is 1. The van der Waals surface area contributed by atoms with Gasteiger partial charge in [0.05, 0.1) is 11.8 Å². The number of carbonyl (C=O) groups is 1. The van der Waals surface area contributed by atoms with Crippen molar-refractivity contribution < 1.29 is 9.53 Å². The summed E-state index contributed by atoms with van der Waals surface area (Å²) < 4.78 is 5.84. The molecule has 0 atom stereocenters. The Labute approximate surface area is 144 Å². The van der Waals surface area contributed by atoms with Gasteiger partial charge in [-0.05, 0) is 49.7 Å². The molecule has 3 rings (SSSR count). The predicted molar refractivity (Wildman–Crippen MR) is 95.3 cm³/mol. The van der Waals surface area contributed by atoms with E-state index in [9.17, 15) is 4.79 Å². The number of aryl methyl sites for hydroxylation is 2. The van der Waals surface area contributed by atoms with Crippen LogP contribution >= 0.6 is 0 Å². The molecule has 2 aromatic heterocycles. The molecule has 0 saturated carbocycles. The lowest BCUT2D eigenvalue weighted by Gasteiger charge is -2.12. The van der Waals surface area contributed by atoms with E-state index in [0.717, 1.165) is 16.9 Å². The quantitative estimate of drug-likeness (QED) is 0.689. The molecule has 0 aliphatic heterocycles. The van der Waals surface area contributed by atoms with Gasteiger partial charge in [0.2, 0.25) is 0 Å². The van der Waals surface area contributed by atoms with Crippen molar-refractivity contribution >= 4 is 23.6 Å². The highest BCUT2D eigenvalue weighted by Gasteiger charge is 2.10. The molecule has 2 heterocycles.